The average molecular weight is 245 g/mol. The Morgan fingerprint density at radius 1 is 1.50 bits per heavy atom. The van der Waals surface area contributed by atoms with Gasteiger partial charge in [-0.1, -0.05) is 6.92 Å². The quantitative estimate of drug-likeness (QED) is 0.529. The van der Waals surface area contributed by atoms with E-state index in [1.54, 1.807) is 7.11 Å². The number of nitrogens with one attached hydrogen (secondary N) is 2. The minimum atomic E-state index is 0.646. The number of ether oxygens (including phenoxy) is 1. The molecule has 0 aromatic heterocycles. The predicted molar refractivity (Wildman–Crippen MR) is 70.7 cm³/mol. The lowest BCUT2D eigenvalue weighted by Crippen LogP contribution is -2.44. The second kappa shape index (κ2) is 7.81. The lowest BCUT2D eigenvalue weighted by molar-refractivity contribution is 0.203. The standard InChI is InChI=1S/C11H23N3OS/c1-3-14-7-4-5-10(14)9-13-11(16)12-6-8-15-2/h10H,3-9H2,1-2H3,(H2,12,13,16). The third-order valence-electron chi connectivity index (χ3n) is 3.00. The van der Waals surface area contributed by atoms with Gasteiger partial charge in [0.25, 0.3) is 0 Å². The summed E-state index contributed by atoms with van der Waals surface area (Å²) in [5.74, 6) is 0. The van der Waals surface area contributed by atoms with Crippen LogP contribution >= 0.6 is 12.2 Å². The molecule has 5 heteroatoms. The molecule has 16 heavy (non-hydrogen) atoms. The van der Waals surface area contributed by atoms with Crippen molar-refractivity contribution in [2.45, 2.75) is 25.8 Å². The van der Waals surface area contributed by atoms with Gasteiger partial charge in [-0.3, -0.25) is 4.90 Å². The summed E-state index contributed by atoms with van der Waals surface area (Å²) in [7, 11) is 1.69. The van der Waals surface area contributed by atoms with E-state index in [9.17, 15) is 0 Å². The average Bonchev–Trinajstić information content (AvgIpc) is 2.74. The van der Waals surface area contributed by atoms with E-state index in [4.69, 9.17) is 17.0 Å². The Labute approximate surface area is 104 Å². The predicted octanol–water partition coefficient (Wildman–Crippen LogP) is 0.581. The van der Waals surface area contributed by atoms with E-state index in [-0.39, 0.29) is 0 Å². The molecular weight excluding hydrogens is 222 g/mol. The second-order valence-corrected chi connectivity index (χ2v) is 4.46. The van der Waals surface area contributed by atoms with E-state index in [0.717, 1.165) is 24.7 Å². The zero-order chi connectivity index (χ0) is 11.8. The molecule has 0 radical (unpaired) electrons. The molecule has 0 aliphatic carbocycles. The van der Waals surface area contributed by atoms with Crippen LogP contribution in [-0.2, 0) is 4.74 Å². The molecule has 1 fully saturated rings. The number of rotatable bonds is 6. The summed E-state index contributed by atoms with van der Waals surface area (Å²) < 4.78 is 4.95. The monoisotopic (exact) mass is 245 g/mol. The van der Waals surface area contributed by atoms with Crippen molar-refractivity contribution in [2.24, 2.45) is 0 Å². The van der Waals surface area contributed by atoms with Crippen molar-refractivity contribution in [1.29, 1.82) is 0 Å². The Balaban J connectivity index is 2.11. The Morgan fingerprint density at radius 3 is 3.00 bits per heavy atom. The van der Waals surface area contributed by atoms with Gasteiger partial charge in [-0.2, -0.15) is 0 Å². The van der Waals surface area contributed by atoms with E-state index in [0.29, 0.717) is 12.6 Å². The van der Waals surface area contributed by atoms with Crippen LogP contribution in [0.5, 0.6) is 0 Å². The summed E-state index contributed by atoms with van der Waals surface area (Å²) in [6.45, 7) is 6.99. The minimum absolute atomic E-state index is 0.646. The smallest absolute Gasteiger partial charge is 0.166 e. The largest absolute Gasteiger partial charge is 0.383 e. The van der Waals surface area contributed by atoms with Gasteiger partial charge in [0.1, 0.15) is 0 Å². The van der Waals surface area contributed by atoms with Crippen LogP contribution in [0.4, 0.5) is 0 Å². The summed E-state index contributed by atoms with van der Waals surface area (Å²) in [5.41, 5.74) is 0. The van der Waals surface area contributed by atoms with Crippen molar-refractivity contribution >= 4 is 17.3 Å². The summed E-state index contributed by atoms with van der Waals surface area (Å²) in [6.07, 6.45) is 2.59. The molecule has 0 spiro atoms. The molecule has 0 aromatic rings. The van der Waals surface area contributed by atoms with E-state index in [1.807, 2.05) is 0 Å². The third-order valence-corrected chi connectivity index (χ3v) is 3.28. The van der Waals surface area contributed by atoms with Crippen molar-refractivity contribution < 1.29 is 4.74 Å². The van der Waals surface area contributed by atoms with Crippen molar-refractivity contribution in [2.75, 3.05) is 39.9 Å². The molecule has 1 saturated heterocycles. The van der Waals surface area contributed by atoms with Gasteiger partial charge >= 0.3 is 0 Å². The first-order valence-electron chi connectivity index (χ1n) is 6.02. The normalized spacial score (nSPS) is 21.0. The number of likely N-dealkylation sites (N-methyl/N-ethyl adjacent to an activating group) is 1. The van der Waals surface area contributed by atoms with Gasteiger partial charge in [-0.05, 0) is 38.1 Å². The number of thiocarbonyl (C=S) groups is 1. The van der Waals surface area contributed by atoms with Crippen LogP contribution in [0, 0.1) is 0 Å². The van der Waals surface area contributed by atoms with Crippen LogP contribution in [-0.4, -0.2) is 55.9 Å². The maximum absolute atomic E-state index is 5.18. The van der Waals surface area contributed by atoms with Crippen LogP contribution in [0.1, 0.15) is 19.8 Å². The fourth-order valence-corrected chi connectivity index (χ4v) is 2.27. The van der Waals surface area contributed by atoms with Gasteiger partial charge in [0.2, 0.25) is 0 Å². The molecule has 1 atom stereocenters. The number of methoxy groups -OCH3 is 1. The highest BCUT2D eigenvalue weighted by Crippen LogP contribution is 2.15. The maximum Gasteiger partial charge on any atom is 0.166 e. The van der Waals surface area contributed by atoms with Gasteiger partial charge in [-0.15, -0.1) is 0 Å². The molecule has 4 nitrogen and oxygen atoms in total. The fraction of sp³-hybridized carbons (Fsp3) is 0.909. The first-order chi connectivity index (χ1) is 7.77. The zero-order valence-corrected chi connectivity index (χ0v) is 11.1. The zero-order valence-electron chi connectivity index (χ0n) is 10.3. The van der Waals surface area contributed by atoms with Gasteiger partial charge in [-0.25, -0.2) is 0 Å². The molecule has 1 heterocycles. The van der Waals surface area contributed by atoms with Crippen LogP contribution in [0.2, 0.25) is 0 Å². The van der Waals surface area contributed by atoms with Gasteiger partial charge in [0.05, 0.1) is 6.61 Å². The fourth-order valence-electron chi connectivity index (χ4n) is 2.08. The summed E-state index contributed by atoms with van der Waals surface area (Å²) in [6, 6.07) is 0.646. The van der Waals surface area contributed by atoms with E-state index >= 15 is 0 Å². The van der Waals surface area contributed by atoms with E-state index < -0.39 is 0 Å². The molecule has 1 aliphatic rings. The van der Waals surface area contributed by atoms with Crippen molar-refractivity contribution in [3.63, 3.8) is 0 Å². The van der Waals surface area contributed by atoms with Crippen molar-refractivity contribution in [3.8, 4) is 0 Å². The Bertz CT molecular complexity index is 213. The second-order valence-electron chi connectivity index (χ2n) is 4.05. The van der Waals surface area contributed by atoms with Gasteiger partial charge in [0, 0.05) is 26.2 Å². The number of hydrogen-bond donors (Lipinski definition) is 2. The number of hydrogen-bond acceptors (Lipinski definition) is 3. The highest BCUT2D eigenvalue weighted by Gasteiger charge is 2.22. The summed E-state index contributed by atoms with van der Waals surface area (Å²) >= 11 is 5.18. The maximum atomic E-state index is 5.18. The third kappa shape index (κ3) is 4.63. The lowest BCUT2D eigenvalue weighted by atomic mass is 10.2. The van der Waals surface area contributed by atoms with Crippen molar-refractivity contribution in [1.82, 2.24) is 15.5 Å². The Hall–Kier alpha value is -0.390. The van der Waals surface area contributed by atoms with E-state index in [2.05, 4.69) is 22.5 Å². The molecule has 2 N–H and O–H groups in total. The summed E-state index contributed by atoms with van der Waals surface area (Å²) in [5, 5.41) is 7.12. The Morgan fingerprint density at radius 2 is 2.31 bits per heavy atom. The molecule has 94 valence electrons. The molecule has 1 aliphatic heterocycles. The van der Waals surface area contributed by atoms with E-state index in [1.165, 1.54) is 19.4 Å². The molecule has 1 rings (SSSR count). The topological polar surface area (TPSA) is 36.5 Å². The first-order valence-corrected chi connectivity index (χ1v) is 6.43. The molecule has 0 amide bonds. The van der Waals surface area contributed by atoms with Crippen LogP contribution in [0.25, 0.3) is 0 Å². The van der Waals surface area contributed by atoms with Crippen molar-refractivity contribution in [3.05, 3.63) is 0 Å². The van der Waals surface area contributed by atoms with Gasteiger partial charge in [0.15, 0.2) is 5.11 Å². The highest BCUT2D eigenvalue weighted by molar-refractivity contribution is 7.80. The summed E-state index contributed by atoms with van der Waals surface area (Å²) in [4.78, 5) is 2.50. The lowest BCUT2D eigenvalue weighted by Gasteiger charge is -2.23. The Kier molecular flexibility index (Phi) is 6.68. The SMILES string of the molecule is CCN1CCCC1CNC(=S)NCCOC. The van der Waals surface area contributed by atoms with Crippen LogP contribution < -0.4 is 10.6 Å². The first kappa shape index (κ1) is 13.7. The van der Waals surface area contributed by atoms with Crippen LogP contribution in [0.15, 0.2) is 0 Å². The highest BCUT2D eigenvalue weighted by atomic mass is 32.1. The van der Waals surface area contributed by atoms with Crippen LogP contribution in [0.3, 0.4) is 0 Å². The van der Waals surface area contributed by atoms with Gasteiger partial charge < -0.3 is 15.4 Å². The molecule has 1 unspecified atom stereocenters. The number of nitrogens with zero attached hydrogens (tertiary/aromatic N) is 1. The molecule has 0 bridgehead atoms. The minimum Gasteiger partial charge on any atom is -0.383 e. The molecular formula is C11H23N3OS. The molecule has 0 saturated carbocycles. The molecule has 0 aromatic carbocycles. The number of likely N-dealkylation sites (tertiary alicyclic amines) is 1.